The Bertz CT molecular complexity index is 765. The van der Waals surface area contributed by atoms with Crippen LogP contribution >= 0.6 is 0 Å². The lowest BCUT2D eigenvalue weighted by molar-refractivity contribution is -0.147. The van der Waals surface area contributed by atoms with Crippen molar-refractivity contribution in [2.75, 3.05) is 13.6 Å². The topological polar surface area (TPSA) is 106 Å². The molecule has 9 heteroatoms. The molecule has 1 saturated carbocycles. The fourth-order valence-electron chi connectivity index (χ4n) is 3.80. The van der Waals surface area contributed by atoms with E-state index in [4.69, 9.17) is 4.74 Å². The average Bonchev–Trinajstić information content (AvgIpc) is 3.19. The number of hydrogen-bond donors (Lipinski definition) is 1. The predicted octanol–water partition coefficient (Wildman–Crippen LogP) is 1.02. The molecule has 2 aliphatic rings. The van der Waals surface area contributed by atoms with E-state index < -0.39 is 29.6 Å². The molecule has 1 aliphatic carbocycles. The predicted molar refractivity (Wildman–Crippen MR) is 100 cm³/mol. The number of ether oxygens (including phenoxy) is 1. The minimum atomic E-state index is -0.682. The van der Waals surface area contributed by atoms with E-state index in [0.29, 0.717) is 5.92 Å². The van der Waals surface area contributed by atoms with E-state index in [2.05, 4.69) is 15.6 Å². The first kappa shape index (κ1) is 20.3. The largest absolute Gasteiger partial charge is 0.461 e. The molecule has 154 valence electrons. The number of nitrogens with zero attached hydrogens (tertiary/aromatic N) is 4. The monoisotopic (exact) mass is 391 g/mol. The molecular weight excluding hydrogens is 362 g/mol. The molecule has 3 rings (SSSR count). The number of rotatable bonds is 5. The van der Waals surface area contributed by atoms with Crippen molar-refractivity contribution in [2.45, 2.75) is 71.1 Å². The quantitative estimate of drug-likeness (QED) is 0.751. The number of likely N-dealkylation sites (N-methyl/N-ethyl adjacent to an activating group) is 1. The van der Waals surface area contributed by atoms with Crippen molar-refractivity contribution in [2.24, 2.45) is 5.41 Å². The van der Waals surface area contributed by atoms with Gasteiger partial charge in [0.1, 0.15) is 18.2 Å². The van der Waals surface area contributed by atoms with Gasteiger partial charge in [0.2, 0.25) is 11.8 Å². The van der Waals surface area contributed by atoms with Gasteiger partial charge in [0, 0.05) is 32.5 Å². The van der Waals surface area contributed by atoms with Crippen molar-refractivity contribution in [1.82, 2.24) is 25.2 Å². The highest BCUT2D eigenvalue weighted by molar-refractivity contribution is 5.90. The van der Waals surface area contributed by atoms with E-state index in [9.17, 15) is 14.4 Å². The van der Waals surface area contributed by atoms with Crippen LogP contribution in [0.1, 0.15) is 64.6 Å². The maximum Gasteiger partial charge on any atom is 0.302 e. The molecule has 9 nitrogen and oxygen atoms in total. The Balaban J connectivity index is 1.88. The van der Waals surface area contributed by atoms with E-state index in [1.165, 1.54) is 18.9 Å². The van der Waals surface area contributed by atoms with Crippen LogP contribution in [0.4, 0.5) is 0 Å². The third-order valence-corrected chi connectivity index (χ3v) is 5.27. The first-order valence-corrected chi connectivity index (χ1v) is 9.72. The average molecular weight is 391 g/mol. The molecule has 2 heterocycles. The molecule has 0 radical (unpaired) electrons. The van der Waals surface area contributed by atoms with Gasteiger partial charge in [0.25, 0.3) is 0 Å². The van der Waals surface area contributed by atoms with Crippen molar-refractivity contribution in [3.63, 3.8) is 0 Å². The van der Waals surface area contributed by atoms with Gasteiger partial charge in [0.15, 0.2) is 0 Å². The van der Waals surface area contributed by atoms with Crippen LogP contribution < -0.4 is 5.32 Å². The smallest absolute Gasteiger partial charge is 0.302 e. The summed E-state index contributed by atoms with van der Waals surface area (Å²) in [6.45, 7) is 7.40. The van der Waals surface area contributed by atoms with Crippen LogP contribution in [-0.2, 0) is 19.1 Å². The number of hydrogen-bond acceptors (Lipinski definition) is 6. The highest BCUT2D eigenvalue weighted by Crippen LogP contribution is 2.40. The lowest BCUT2D eigenvalue weighted by Gasteiger charge is -2.34. The first-order chi connectivity index (χ1) is 13.1. The number of carbonyl (C=O) groups is 3. The van der Waals surface area contributed by atoms with Crippen molar-refractivity contribution >= 4 is 17.8 Å². The molecule has 0 bridgehead atoms. The van der Waals surface area contributed by atoms with Gasteiger partial charge in [-0.1, -0.05) is 26.0 Å². The second-order valence-corrected chi connectivity index (χ2v) is 8.75. The number of amides is 2. The Hall–Kier alpha value is -2.45. The molecule has 2 amide bonds. The highest BCUT2D eigenvalue weighted by Gasteiger charge is 2.46. The Kier molecular flexibility index (Phi) is 5.45. The molecule has 1 aromatic heterocycles. The lowest BCUT2D eigenvalue weighted by Crippen LogP contribution is -2.49. The van der Waals surface area contributed by atoms with Crippen molar-refractivity contribution in [3.8, 4) is 0 Å². The summed E-state index contributed by atoms with van der Waals surface area (Å²) in [6.07, 6.45) is 3.83. The molecule has 28 heavy (non-hydrogen) atoms. The molecular formula is C19H29N5O4. The summed E-state index contributed by atoms with van der Waals surface area (Å²) in [5.41, 5.74) is 0.461. The maximum atomic E-state index is 13.6. The Labute approximate surface area is 164 Å². The summed E-state index contributed by atoms with van der Waals surface area (Å²) in [5, 5.41) is 11.1. The zero-order valence-electron chi connectivity index (χ0n) is 17.1. The molecule has 3 atom stereocenters. The highest BCUT2D eigenvalue weighted by atomic mass is 16.5. The third kappa shape index (κ3) is 4.18. The Morgan fingerprint density at radius 2 is 1.96 bits per heavy atom. The normalized spacial score (nSPS) is 23.4. The van der Waals surface area contributed by atoms with E-state index >= 15 is 0 Å². The molecule has 1 aliphatic heterocycles. The van der Waals surface area contributed by atoms with Crippen LogP contribution in [0.25, 0.3) is 0 Å². The van der Waals surface area contributed by atoms with Crippen LogP contribution in [0.2, 0.25) is 0 Å². The Morgan fingerprint density at radius 1 is 1.29 bits per heavy atom. The fourth-order valence-corrected chi connectivity index (χ4v) is 3.80. The van der Waals surface area contributed by atoms with Gasteiger partial charge in [-0.25, -0.2) is 4.68 Å². The van der Waals surface area contributed by atoms with Gasteiger partial charge in [-0.3, -0.25) is 14.4 Å². The standard InChI is InChI=1S/C19H29N5O4/c1-11(25)28-13-8-15(17(26)20-5)23(9-13)18(27)16(19(2,3)4)24-10-14(21-22-24)12-6-7-12/h10,12-13,15-16H,6-9H2,1-5H3,(H,20,26)/t13-,15?,16-/m1/s1. The van der Waals surface area contributed by atoms with E-state index in [1.54, 1.807) is 4.68 Å². The Morgan fingerprint density at radius 3 is 2.50 bits per heavy atom. The van der Waals surface area contributed by atoms with Gasteiger partial charge < -0.3 is 15.0 Å². The zero-order chi connectivity index (χ0) is 20.6. The van der Waals surface area contributed by atoms with E-state index in [1.807, 2.05) is 27.0 Å². The van der Waals surface area contributed by atoms with Gasteiger partial charge in [0.05, 0.1) is 12.2 Å². The second kappa shape index (κ2) is 7.52. The summed E-state index contributed by atoms with van der Waals surface area (Å²) in [4.78, 5) is 38.8. The van der Waals surface area contributed by atoms with Gasteiger partial charge in [-0.15, -0.1) is 5.10 Å². The third-order valence-electron chi connectivity index (χ3n) is 5.27. The number of likely N-dealkylation sites (tertiary alicyclic amines) is 1. The minimum Gasteiger partial charge on any atom is -0.461 e. The number of carbonyl (C=O) groups excluding carboxylic acids is 3. The maximum absolute atomic E-state index is 13.6. The van der Waals surface area contributed by atoms with Gasteiger partial charge in [-0.05, 0) is 18.3 Å². The fraction of sp³-hybridized carbons (Fsp3) is 0.737. The molecule has 0 spiro atoms. The summed E-state index contributed by atoms with van der Waals surface area (Å²) in [6, 6.07) is -1.30. The van der Waals surface area contributed by atoms with Crippen LogP contribution in [0.5, 0.6) is 0 Å². The number of aromatic nitrogens is 3. The number of esters is 1. The minimum absolute atomic E-state index is 0.188. The molecule has 1 unspecified atom stereocenters. The summed E-state index contributed by atoms with van der Waals surface area (Å²) in [5.74, 6) is -0.480. The van der Waals surface area contributed by atoms with Crippen LogP contribution in [0.3, 0.4) is 0 Å². The van der Waals surface area contributed by atoms with E-state index in [0.717, 1.165) is 18.5 Å². The van der Waals surface area contributed by atoms with Crippen LogP contribution in [-0.4, -0.2) is 63.4 Å². The summed E-state index contributed by atoms with van der Waals surface area (Å²) < 4.78 is 6.90. The molecule has 1 saturated heterocycles. The number of nitrogens with one attached hydrogen (secondary N) is 1. The van der Waals surface area contributed by atoms with E-state index in [-0.39, 0.29) is 24.8 Å². The van der Waals surface area contributed by atoms with Crippen molar-refractivity contribution < 1.29 is 19.1 Å². The molecule has 2 fully saturated rings. The lowest BCUT2D eigenvalue weighted by atomic mass is 9.85. The summed E-state index contributed by atoms with van der Waals surface area (Å²) >= 11 is 0. The van der Waals surface area contributed by atoms with Gasteiger partial charge >= 0.3 is 5.97 Å². The molecule has 1 N–H and O–H groups in total. The van der Waals surface area contributed by atoms with Crippen LogP contribution in [0.15, 0.2) is 6.20 Å². The molecule has 1 aromatic rings. The first-order valence-electron chi connectivity index (χ1n) is 9.72. The van der Waals surface area contributed by atoms with Crippen LogP contribution in [0, 0.1) is 5.41 Å². The van der Waals surface area contributed by atoms with Gasteiger partial charge in [-0.2, -0.15) is 0 Å². The SMILES string of the molecule is CNC(=O)C1C[C@@H](OC(C)=O)CN1C(=O)[C@@H](n1cc(C2CC2)nn1)C(C)(C)C. The second-order valence-electron chi connectivity index (χ2n) is 8.75. The van der Waals surface area contributed by atoms with Crippen molar-refractivity contribution in [3.05, 3.63) is 11.9 Å². The zero-order valence-corrected chi connectivity index (χ0v) is 17.1. The summed E-state index contributed by atoms with van der Waals surface area (Å²) in [7, 11) is 1.53. The van der Waals surface area contributed by atoms with Crippen molar-refractivity contribution in [1.29, 1.82) is 0 Å². The molecule has 0 aromatic carbocycles.